The van der Waals surface area contributed by atoms with Crippen molar-refractivity contribution in [1.82, 2.24) is 4.90 Å². The zero-order valence-electron chi connectivity index (χ0n) is 16.1. The van der Waals surface area contributed by atoms with Gasteiger partial charge in [-0.3, -0.25) is 4.79 Å². The molecular weight excluding hydrogens is 457 g/mol. The Morgan fingerprint density at radius 1 is 1.21 bits per heavy atom. The molecule has 0 spiro atoms. The number of allylic oxidation sites excluding steroid dienone is 2. The average molecular weight is 478 g/mol. The number of hydrogen-bond acceptors (Lipinski definition) is 4. The maximum atomic E-state index is 13.8. The van der Waals surface area contributed by atoms with E-state index in [9.17, 15) is 17.6 Å². The molecule has 29 heavy (non-hydrogen) atoms. The van der Waals surface area contributed by atoms with Crippen LogP contribution in [0.25, 0.3) is 0 Å². The van der Waals surface area contributed by atoms with E-state index in [1.165, 1.54) is 12.1 Å². The van der Waals surface area contributed by atoms with Gasteiger partial charge in [-0.2, -0.15) is 0 Å². The molecule has 0 aliphatic carbocycles. The second-order valence-corrected chi connectivity index (χ2v) is 10.0. The molecule has 152 valence electrons. The quantitative estimate of drug-likeness (QED) is 0.615. The number of ketones is 1. The maximum Gasteiger partial charge on any atom is 0.175 e. The summed E-state index contributed by atoms with van der Waals surface area (Å²) in [6, 6.07) is 11.1. The van der Waals surface area contributed by atoms with Crippen molar-refractivity contribution in [2.75, 3.05) is 19.8 Å². The van der Waals surface area contributed by atoms with Crippen LogP contribution in [0.4, 0.5) is 4.39 Å². The van der Waals surface area contributed by atoms with Crippen LogP contribution in [0.1, 0.15) is 23.5 Å². The van der Waals surface area contributed by atoms with Crippen molar-refractivity contribution in [3.05, 3.63) is 87.8 Å². The third-order valence-corrected chi connectivity index (χ3v) is 6.47. The van der Waals surface area contributed by atoms with Crippen LogP contribution in [0.3, 0.4) is 0 Å². The third kappa shape index (κ3) is 5.22. The molecule has 1 heterocycles. The molecule has 1 aliphatic heterocycles. The average Bonchev–Trinajstić information content (AvgIpc) is 2.66. The fourth-order valence-electron chi connectivity index (χ4n) is 3.37. The first-order valence-electron chi connectivity index (χ1n) is 9.02. The lowest BCUT2D eigenvalue weighted by molar-refractivity contribution is -0.115. The van der Waals surface area contributed by atoms with Crippen LogP contribution in [0.5, 0.6) is 0 Å². The van der Waals surface area contributed by atoms with E-state index in [1.54, 1.807) is 12.3 Å². The van der Waals surface area contributed by atoms with E-state index < -0.39 is 21.6 Å². The Hall–Kier alpha value is -2.25. The summed E-state index contributed by atoms with van der Waals surface area (Å²) in [5, 5.41) is 0. The van der Waals surface area contributed by atoms with E-state index in [2.05, 4.69) is 15.9 Å². The van der Waals surface area contributed by atoms with Crippen LogP contribution in [-0.2, 0) is 14.6 Å². The maximum absolute atomic E-state index is 13.8. The standard InChI is InChI=1S/C22H21BrFNO3S/c1-25-11-3-4-16(14-25)21(26)13-20(15-5-7-17(23)8-6-15)19-10-9-18(24)12-22(19)29(2,27)28/h3-10,12,14,20H,11,13H2,1-2H3. The number of hydrogen-bond donors (Lipinski definition) is 0. The highest BCUT2D eigenvalue weighted by atomic mass is 79.9. The molecule has 0 N–H and O–H groups in total. The van der Waals surface area contributed by atoms with E-state index in [1.807, 2.05) is 42.3 Å². The third-order valence-electron chi connectivity index (χ3n) is 4.78. The van der Waals surface area contributed by atoms with Gasteiger partial charge < -0.3 is 4.90 Å². The molecule has 0 saturated heterocycles. The first-order chi connectivity index (χ1) is 13.6. The van der Waals surface area contributed by atoms with E-state index in [4.69, 9.17) is 0 Å². The number of halogens is 2. The number of carbonyl (C=O) groups excluding carboxylic acids is 1. The van der Waals surface area contributed by atoms with Gasteiger partial charge in [0.1, 0.15) is 5.82 Å². The molecular formula is C22H21BrFNO3S. The molecule has 0 saturated carbocycles. The molecule has 0 radical (unpaired) electrons. The summed E-state index contributed by atoms with van der Waals surface area (Å²) in [5.74, 6) is -1.26. The SMILES string of the molecule is CN1C=C(C(=O)CC(c2ccc(Br)cc2)c2ccc(F)cc2S(C)(=O)=O)C=CC1. The second kappa shape index (κ2) is 8.63. The van der Waals surface area contributed by atoms with Crippen molar-refractivity contribution in [3.8, 4) is 0 Å². The van der Waals surface area contributed by atoms with Crippen LogP contribution in [0.15, 0.2) is 75.8 Å². The highest BCUT2D eigenvalue weighted by Gasteiger charge is 2.26. The number of carbonyl (C=O) groups is 1. The van der Waals surface area contributed by atoms with E-state index >= 15 is 0 Å². The number of nitrogens with zero attached hydrogens (tertiary/aromatic N) is 1. The summed E-state index contributed by atoms with van der Waals surface area (Å²) in [6.45, 7) is 0.725. The molecule has 1 aliphatic rings. The lowest BCUT2D eigenvalue weighted by atomic mass is 9.85. The Bertz CT molecular complexity index is 1090. The van der Waals surface area contributed by atoms with E-state index in [0.29, 0.717) is 11.1 Å². The highest BCUT2D eigenvalue weighted by molar-refractivity contribution is 9.10. The van der Waals surface area contributed by atoms with Crippen molar-refractivity contribution in [2.45, 2.75) is 17.2 Å². The molecule has 2 aromatic carbocycles. The number of sulfone groups is 1. The Balaban J connectivity index is 2.09. The molecule has 7 heteroatoms. The summed E-state index contributed by atoms with van der Waals surface area (Å²) in [6.07, 6.45) is 6.58. The van der Waals surface area contributed by atoms with Crippen LogP contribution >= 0.6 is 15.9 Å². The predicted molar refractivity (Wildman–Crippen MR) is 115 cm³/mol. The van der Waals surface area contributed by atoms with Gasteiger partial charge in [-0.05, 0) is 35.4 Å². The van der Waals surface area contributed by atoms with E-state index in [-0.39, 0.29) is 17.1 Å². The zero-order chi connectivity index (χ0) is 21.2. The van der Waals surface area contributed by atoms with Crippen molar-refractivity contribution in [1.29, 1.82) is 0 Å². The number of Topliss-reactive ketones (excluding diaryl/α,β-unsaturated/α-hetero) is 1. The summed E-state index contributed by atoms with van der Waals surface area (Å²) >= 11 is 3.39. The van der Waals surface area contributed by atoms with Crippen LogP contribution in [-0.4, -0.2) is 38.9 Å². The van der Waals surface area contributed by atoms with Gasteiger partial charge in [-0.1, -0.05) is 46.3 Å². The van der Waals surface area contributed by atoms with Gasteiger partial charge in [-0.15, -0.1) is 0 Å². The summed E-state index contributed by atoms with van der Waals surface area (Å²) in [4.78, 5) is 14.8. The lowest BCUT2D eigenvalue weighted by Crippen LogP contribution is -2.19. The fraction of sp³-hybridized carbons (Fsp3) is 0.227. The van der Waals surface area contributed by atoms with Gasteiger partial charge in [0.25, 0.3) is 0 Å². The van der Waals surface area contributed by atoms with Crippen LogP contribution < -0.4 is 0 Å². The molecule has 0 amide bonds. The van der Waals surface area contributed by atoms with Crippen LogP contribution in [0, 0.1) is 5.82 Å². The summed E-state index contributed by atoms with van der Waals surface area (Å²) in [7, 11) is -1.80. The number of likely N-dealkylation sites (N-methyl/N-ethyl adjacent to an activating group) is 1. The van der Waals surface area contributed by atoms with Crippen molar-refractivity contribution < 1.29 is 17.6 Å². The minimum atomic E-state index is -3.68. The molecule has 0 bridgehead atoms. The first-order valence-corrected chi connectivity index (χ1v) is 11.7. The van der Waals surface area contributed by atoms with Crippen molar-refractivity contribution in [3.63, 3.8) is 0 Å². The fourth-order valence-corrected chi connectivity index (χ4v) is 4.60. The minimum absolute atomic E-state index is 0.0692. The molecule has 0 aromatic heterocycles. The molecule has 3 rings (SSSR count). The smallest absolute Gasteiger partial charge is 0.175 e. The topological polar surface area (TPSA) is 54.5 Å². The summed E-state index contributed by atoms with van der Waals surface area (Å²) in [5.41, 5.74) is 1.76. The molecule has 4 nitrogen and oxygen atoms in total. The Labute approximate surface area is 178 Å². The van der Waals surface area contributed by atoms with Gasteiger partial charge in [0.15, 0.2) is 15.6 Å². The number of rotatable bonds is 6. The van der Waals surface area contributed by atoms with Crippen molar-refractivity contribution >= 4 is 31.6 Å². The number of benzene rings is 2. The van der Waals surface area contributed by atoms with E-state index in [0.717, 1.165) is 28.9 Å². The lowest BCUT2D eigenvalue weighted by Gasteiger charge is -2.22. The largest absolute Gasteiger partial charge is 0.376 e. The highest BCUT2D eigenvalue weighted by Crippen LogP contribution is 2.35. The Morgan fingerprint density at radius 2 is 1.90 bits per heavy atom. The molecule has 2 aromatic rings. The zero-order valence-corrected chi connectivity index (χ0v) is 18.5. The normalized spacial score (nSPS) is 15.2. The van der Waals surface area contributed by atoms with Gasteiger partial charge in [-0.25, -0.2) is 12.8 Å². The predicted octanol–water partition coefficient (Wildman–Crippen LogP) is 4.47. The Morgan fingerprint density at radius 3 is 2.52 bits per heavy atom. The first kappa shape index (κ1) is 21.5. The van der Waals surface area contributed by atoms with Gasteiger partial charge >= 0.3 is 0 Å². The van der Waals surface area contributed by atoms with Gasteiger partial charge in [0.05, 0.1) is 4.90 Å². The monoisotopic (exact) mass is 477 g/mol. The van der Waals surface area contributed by atoms with Crippen LogP contribution in [0.2, 0.25) is 0 Å². The Kier molecular flexibility index (Phi) is 6.39. The van der Waals surface area contributed by atoms with Gasteiger partial charge in [0, 0.05) is 48.4 Å². The minimum Gasteiger partial charge on any atom is -0.376 e. The second-order valence-electron chi connectivity index (χ2n) is 7.11. The summed E-state index contributed by atoms with van der Waals surface area (Å²) < 4.78 is 39.4. The molecule has 0 fully saturated rings. The van der Waals surface area contributed by atoms with Gasteiger partial charge in [0.2, 0.25) is 0 Å². The molecule has 1 unspecified atom stereocenters. The molecule has 1 atom stereocenters. The van der Waals surface area contributed by atoms with Crippen molar-refractivity contribution in [2.24, 2.45) is 0 Å².